The molecule has 10 nitrogen and oxygen atoms in total. The minimum absolute atomic E-state index is 0.00473. The Kier molecular flexibility index (Phi) is 9.08. The molecule has 4 aliphatic rings. The number of amides is 3. The van der Waals surface area contributed by atoms with Crippen molar-refractivity contribution in [1.29, 1.82) is 0 Å². The number of anilines is 2. The molecule has 3 aromatic carbocycles. The van der Waals surface area contributed by atoms with Gasteiger partial charge in [0.1, 0.15) is 0 Å². The van der Waals surface area contributed by atoms with Crippen molar-refractivity contribution in [2.75, 3.05) is 36.0 Å². The maximum atomic E-state index is 14.8. The second-order valence-corrected chi connectivity index (χ2v) is 19.2. The van der Waals surface area contributed by atoms with Crippen LogP contribution in [0.25, 0.3) is 0 Å². The average Bonchev–Trinajstić information content (AvgIpc) is 3.50. The Labute approximate surface area is 296 Å². The molecule has 7 rings (SSSR count). The molecule has 4 heterocycles. The Morgan fingerprint density at radius 2 is 1.82 bits per heavy atom. The highest BCUT2D eigenvalue weighted by Gasteiger charge is 2.66. The van der Waals surface area contributed by atoms with Gasteiger partial charge in [0, 0.05) is 46.8 Å². The van der Waals surface area contributed by atoms with Crippen LogP contribution in [-0.4, -0.2) is 79.2 Å². The van der Waals surface area contributed by atoms with Gasteiger partial charge < -0.3 is 34.7 Å². The highest BCUT2D eigenvalue weighted by Crippen LogP contribution is 2.60. The van der Waals surface area contributed by atoms with Crippen LogP contribution >= 0.6 is 15.9 Å². The normalized spacial score (nSPS) is 26.8. The fraction of sp³-hybridized carbons (Fsp3) is 0.432. The molecule has 3 N–H and O–H groups in total. The molecule has 2 saturated heterocycles. The first kappa shape index (κ1) is 34.1. The van der Waals surface area contributed by atoms with Gasteiger partial charge in [-0.25, -0.2) is 0 Å². The van der Waals surface area contributed by atoms with Crippen molar-refractivity contribution in [1.82, 2.24) is 10.2 Å². The maximum absolute atomic E-state index is 14.8. The predicted octanol–water partition coefficient (Wildman–Crippen LogP) is 4.07. The Balaban J connectivity index is 1.19. The van der Waals surface area contributed by atoms with Crippen LogP contribution in [-0.2, 0) is 44.2 Å². The van der Waals surface area contributed by atoms with E-state index in [-0.39, 0.29) is 36.8 Å². The SMILES string of the molecule is C[C@@H]1[C@@H]([Si](C)(C)O)[C@H](CC(=O)N2Cc3ccccc3C[C@H]2CO)O[C@@]12C(=O)N(Cc1ccc(N3CCNCC3=O)cc1)c1ccc(Br)cc12. The van der Waals surface area contributed by atoms with Crippen molar-refractivity contribution in [3.05, 3.63) is 93.5 Å². The third-order valence-electron chi connectivity index (χ3n) is 10.9. The van der Waals surface area contributed by atoms with Gasteiger partial charge in [-0.3, -0.25) is 14.4 Å². The van der Waals surface area contributed by atoms with E-state index in [4.69, 9.17) is 4.74 Å². The molecule has 0 saturated carbocycles. The number of benzene rings is 3. The van der Waals surface area contributed by atoms with Crippen LogP contribution in [0.2, 0.25) is 18.6 Å². The summed E-state index contributed by atoms with van der Waals surface area (Å²) in [6.07, 6.45) is -0.137. The van der Waals surface area contributed by atoms with Gasteiger partial charge in [-0.05, 0) is 66.5 Å². The molecule has 12 heteroatoms. The zero-order chi connectivity index (χ0) is 34.7. The van der Waals surface area contributed by atoms with E-state index in [0.29, 0.717) is 32.6 Å². The number of nitrogens with zero attached hydrogens (tertiary/aromatic N) is 3. The summed E-state index contributed by atoms with van der Waals surface area (Å²) >= 11 is 3.62. The molecule has 0 unspecified atom stereocenters. The summed E-state index contributed by atoms with van der Waals surface area (Å²) < 4.78 is 7.74. The summed E-state index contributed by atoms with van der Waals surface area (Å²) in [5.41, 5.74) is 3.56. The van der Waals surface area contributed by atoms with Gasteiger partial charge in [0.25, 0.3) is 5.91 Å². The average molecular weight is 748 g/mol. The third kappa shape index (κ3) is 5.96. The lowest BCUT2D eigenvalue weighted by Crippen LogP contribution is -2.48. The molecule has 4 aliphatic heterocycles. The molecule has 0 radical (unpaired) electrons. The van der Waals surface area contributed by atoms with Crippen LogP contribution in [0.4, 0.5) is 11.4 Å². The quantitative estimate of drug-likeness (QED) is 0.312. The summed E-state index contributed by atoms with van der Waals surface area (Å²) in [5.74, 6) is -0.768. The van der Waals surface area contributed by atoms with Gasteiger partial charge >= 0.3 is 0 Å². The van der Waals surface area contributed by atoms with Gasteiger partial charge in [0.15, 0.2) is 13.9 Å². The Morgan fingerprint density at radius 1 is 1.08 bits per heavy atom. The van der Waals surface area contributed by atoms with Crippen molar-refractivity contribution < 1.29 is 29.0 Å². The fourth-order valence-electron chi connectivity index (χ4n) is 8.58. The number of aliphatic hydroxyl groups excluding tert-OH is 1. The molecule has 49 heavy (non-hydrogen) atoms. The Morgan fingerprint density at radius 3 is 2.51 bits per heavy atom. The predicted molar refractivity (Wildman–Crippen MR) is 192 cm³/mol. The van der Waals surface area contributed by atoms with Crippen molar-refractivity contribution in [3.8, 4) is 0 Å². The topological polar surface area (TPSA) is 123 Å². The van der Waals surface area contributed by atoms with Gasteiger partial charge in [-0.2, -0.15) is 0 Å². The Bertz CT molecular complexity index is 1780. The van der Waals surface area contributed by atoms with Crippen LogP contribution in [0, 0.1) is 5.92 Å². The van der Waals surface area contributed by atoms with E-state index >= 15 is 0 Å². The number of piperazine rings is 1. The zero-order valence-electron chi connectivity index (χ0n) is 28.1. The van der Waals surface area contributed by atoms with Crippen molar-refractivity contribution in [2.45, 2.75) is 69.2 Å². The van der Waals surface area contributed by atoms with E-state index in [1.807, 2.05) is 86.7 Å². The molecule has 0 aromatic heterocycles. The molecule has 3 aromatic rings. The molecule has 3 amide bonds. The van der Waals surface area contributed by atoms with E-state index in [2.05, 4.69) is 21.2 Å². The molecule has 1 spiro atoms. The molecular formula is C37H43BrN4O6Si. The lowest BCUT2D eigenvalue weighted by molar-refractivity contribution is -0.151. The first-order chi connectivity index (χ1) is 23.4. The van der Waals surface area contributed by atoms with Crippen LogP contribution in [0.1, 0.15) is 35.6 Å². The van der Waals surface area contributed by atoms with E-state index in [1.54, 1.807) is 14.7 Å². The van der Waals surface area contributed by atoms with E-state index < -0.39 is 31.5 Å². The highest BCUT2D eigenvalue weighted by molar-refractivity contribution is 9.10. The number of carbonyl (C=O) groups is 3. The summed E-state index contributed by atoms with van der Waals surface area (Å²) in [6.45, 7) is 7.85. The molecule has 5 atom stereocenters. The smallest absolute Gasteiger partial charge is 0.264 e. The highest BCUT2D eigenvalue weighted by atomic mass is 79.9. The maximum Gasteiger partial charge on any atom is 0.264 e. The van der Waals surface area contributed by atoms with Gasteiger partial charge in [-0.1, -0.05) is 59.3 Å². The van der Waals surface area contributed by atoms with E-state index in [0.717, 1.165) is 44.6 Å². The fourth-order valence-corrected chi connectivity index (χ4v) is 11.5. The zero-order valence-corrected chi connectivity index (χ0v) is 30.7. The largest absolute Gasteiger partial charge is 0.432 e. The number of hydrogen-bond donors (Lipinski definition) is 3. The Hall–Kier alpha value is -3.39. The molecule has 2 fully saturated rings. The first-order valence-electron chi connectivity index (χ1n) is 17.0. The third-order valence-corrected chi connectivity index (χ3v) is 13.9. The second kappa shape index (κ2) is 13.1. The van der Waals surface area contributed by atoms with Crippen LogP contribution < -0.4 is 15.1 Å². The van der Waals surface area contributed by atoms with E-state index in [1.165, 1.54) is 0 Å². The number of fused-ring (bicyclic) bond motifs is 3. The number of carbonyl (C=O) groups excluding carboxylic acids is 3. The number of aliphatic hydroxyl groups is 1. The molecular weight excluding hydrogens is 704 g/mol. The number of nitrogens with one attached hydrogen (secondary N) is 1. The molecule has 0 bridgehead atoms. The number of ether oxygens (including phenoxy) is 1. The van der Waals surface area contributed by atoms with Gasteiger partial charge in [0.2, 0.25) is 11.8 Å². The number of halogens is 1. The minimum atomic E-state index is -3.00. The van der Waals surface area contributed by atoms with Crippen LogP contribution in [0.3, 0.4) is 0 Å². The van der Waals surface area contributed by atoms with Crippen molar-refractivity contribution in [2.24, 2.45) is 5.92 Å². The summed E-state index contributed by atoms with van der Waals surface area (Å²) in [7, 11) is -3.00. The summed E-state index contributed by atoms with van der Waals surface area (Å²) in [6, 6.07) is 21.1. The first-order valence-corrected chi connectivity index (χ1v) is 20.8. The van der Waals surface area contributed by atoms with Crippen LogP contribution in [0.5, 0.6) is 0 Å². The van der Waals surface area contributed by atoms with Crippen molar-refractivity contribution in [3.63, 3.8) is 0 Å². The van der Waals surface area contributed by atoms with Crippen LogP contribution in [0.15, 0.2) is 71.2 Å². The molecule has 258 valence electrons. The van der Waals surface area contributed by atoms with Gasteiger partial charge in [0.05, 0.1) is 44.0 Å². The minimum Gasteiger partial charge on any atom is -0.432 e. The van der Waals surface area contributed by atoms with Crippen molar-refractivity contribution >= 4 is 53.3 Å². The monoisotopic (exact) mass is 746 g/mol. The molecule has 0 aliphatic carbocycles. The lowest BCUT2D eigenvalue weighted by atomic mass is 9.82. The second-order valence-electron chi connectivity index (χ2n) is 14.3. The van der Waals surface area contributed by atoms with Gasteiger partial charge in [-0.15, -0.1) is 0 Å². The van der Waals surface area contributed by atoms with E-state index in [9.17, 15) is 24.3 Å². The number of rotatable bonds is 7. The lowest BCUT2D eigenvalue weighted by Gasteiger charge is -2.37. The standard InChI is InChI=1S/C37H43BrN4O6Si/c1-23-35(49(2,3)47)32(18-33(44)41-21-26-7-5-4-6-25(26)16-29(41)22-43)48-37(23)30-17-27(38)10-13-31(30)42(36(37)46)20-24-8-11-28(12-9-24)40-15-14-39-19-34(40)45/h4-13,17,23,29,32,35,39,43,47H,14-16,18-22H2,1-3H3/t23-,29+,32+,35-,37+/m1/s1. The number of hydrogen-bond acceptors (Lipinski definition) is 7. The summed E-state index contributed by atoms with van der Waals surface area (Å²) in [5, 5.41) is 13.4. The summed E-state index contributed by atoms with van der Waals surface area (Å²) in [4.78, 5) is 58.4.